The maximum absolute atomic E-state index is 10.9. The van der Waals surface area contributed by atoms with Crippen LogP contribution in [0.1, 0.15) is 11.4 Å². The predicted octanol–water partition coefficient (Wildman–Crippen LogP) is 0.945. The second kappa shape index (κ2) is 6.20. The Balaban J connectivity index is 2.64. The summed E-state index contributed by atoms with van der Waals surface area (Å²) in [6.07, 6.45) is 0. The molecule has 0 radical (unpaired) electrons. The van der Waals surface area contributed by atoms with Crippen LogP contribution in [-0.2, 0) is 13.2 Å². The zero-order chi connectivity index (χ0) is 16.3. The average molecular weight is 306 g/mol. The molecule has 22 heavy (non-hydrogen) atoms. The van der Waals surface area contributed by atoms with Crippen molar-refractivity contribution in [2.24, 2.45) is 0 Å². The highest BCUT2D eigenvalue weighted by Gasteiger charge is 2.17. The van der Waals surface area contributed by atoms with Crippen molar-refractivity contribution in [3.8, 4) is 11.4 Å². The van der Waals surface area contributed by atoms with Crippen molar-refractivity contribution in [2.75, 3.05) is 0 Å². The highest BCUT2D eigenvalue weighted by atomic mass is 16.6. The number of nitrogens with zero attached hydrogens (tertiary/aromatic N) is 4. The Hall–Kier alpha value is -2.98. The first-order valence-electron chi connectivity index (χ1n) is 5.97. The van der Waals surface area contributed by atoms with Gasteiger partial charge in [0, 0.05) is 24.3 Å². The normalized spacial score (nSPS) is 10.5. The van der Waals surface area contributed by atoms with Crippen molar-refractivity contribution >= 4 is 11.4 Å². The fourth-order valence-corrected chi connectivity index (χ4v) is 1.78. The minimum Gasteiger partial charge on any atom is -0.390 e. The second-order valence-corrected chi connectivity index (χ2v) is 4.23. The van der Waals surface area contributed by atoms with Gasteiger partial charge >= 0.3 is 0 Å². The second-order valence-electron chi connectivity index (χ2n) is 4.23. The fourth-order valence-electron chi connectivity index (χ4n) is 1.78. The smallest absolute Gasteiger partial charge is 0.273 e. The molecule has 0 aromatic carbocycles. The average Bonchev–Trinajstić information content (AvgIpc) is 2.53. The molecule has 10 heteroatoms. The summed E-state index contributed by atoms with van der Waals surface area (Å²) in [5.41, 5.74) is -0.597. The Morgan fingerprint density at radius 2 is 1.18 bits per heavy atom. The maximum atomic E-state index is 10.9. The van der Waals surface area contributed by atoms with Crippen LogP contribution in [0.3, 0.4) is 0 Å². The van der Waals surface area contributed by atoms with E-state index in [1.165, 1.54) is 0 Å². The van der Waals surface area contributed by atoms with Crippen molar-refractivity contribution in [1.29, 1.82) is 0 Å². The van der Waals surface area contributed by atoms with E-state index in [0.717, 1.165) is 24.3 Å². The first-order valence-corrected chi connectivity index (χ1v) is 5.97. The molecule has 114 valence electrons. The molecule has 0 saturated carbocycles. The summed E-state index contributed by atoms with van der Waals surface area (Å²) >= 11 is 0. The minimum atomic E-state index is -0.672. The van der Waals surface area contributed by atoms with Crippen LogP contribution in [0.4, 0.5) is 11.4 Å². The first-order chi connectivity index (χ1) is 10.4. The van der Waals surface area contributed by atoms with Crippen molar-refractivity contribution in [1.82, 2.24) is 9.97 Å². The Morgan fingerprint density at radius 1 is 0.818 bits per heavy atom. The number of aromatic nitrogens is 2. The van der Waals surface area contributed by atoms with Crippen LogP contribution in [-0.4, -0.2) is 30.0 Å². The number of rotatable bonds is 5. The molecule has 2 rings (SSSR count). The minimum absolute atomic E-state index is 0.00310. The zero-order valence-electron chi connectivity index (χ0n) is 11.0. The number of hydrogen-bond donors (Lipinski definition) is 2. The molecule has 2 aromatic rings. The molecule has 0 aliphatic heterocycles. The van der Waals surface area contributed by atoms with Gasteiger partial charge in [0.1, 0.15) is 0 Å². The molecule has 0 spiro atoms. The van der Waals surface area contributed by atoms with Crippen LogP contribution in [0.2, 0.25) is 0 Å². The van der Waals surface area contributed by atoms with Crippen LogP contribution < -0.4 is 0 Å². The Labute approximate surface area is 123 Å². The molecule has 0 aliphatic carbocycles. The summed E-state index contributed by atoms with van der Waals surface area (Å²) in [5, 5.41) is 40.0. The van der Waals surface area contributed by atoms with E-state index in [9.17, 15) is 20.2 Å². The quantitative estimate of drug-likeness (QED) is 0.611. The van der Waals surface area contributed by atoms with Crippen LogP contribution in [0.15, 0.2) is 24.3 Å². The molecule has 0 amide bonds. The predicted molar refractivity (Wildman–Crippen MR) is 72.6 cm³/mol. The van der Waals surface area contributed by atoms with E-state index in [1.807, 2.05) is 0 Å². The molecule has 0 aliphatic rings. The summed E-state index contributed by atoms with van der Waals surface area (Å²) in [4.78, 5) is 28.3. The van der Waals surface area contributed by atoms with E-state index >= 15 is 0 Å². The van der Waals surface area contributed by atoms with Gasteiger partial charge in [-0.25, -0.2) is 9.97 Å². The third-order valence-corrected chi connectivity index (χ3v) is 2.73. The lowest BCUT2D eigenvalue weighted by atomic mass is 10.2. The van der Waals surface area contributed by atoms with Gasteiger partial charge < -0.3 is 10.2 Å². The van der Waals surface area contributed by atoms with Gasteiger partial charge in [0.2, 0.25) is 0 Å². The van der Waals surface area contributed by atoms with Gasteiger partial charge in [-0.1, -0.05) is 0 Å². The van der Waals surface area contributed by atoms with Gasteiger partial charge in [-0.15, -0.1) is 0 Å². The van der Waals surface area contributed by atoms with E-state index in [2.05, 4.69) is 9.97 Å². The SMILES string of the molecule is O=[N+]([O-])c1cc(CO)nc(-c2cc([N+](=O)[O-])cc(CO)n2)c1. The Morgan fingerprint density at radius 3 is 1.45 bits per heavy atom. The summed E-state index contributed by atoms with van der Waals surface area (Å²) in [7, 11) is 0. The number of nitro groups is 2. The topological polar surface area (TPSA) is 153 Å². The lowest BCUT2D eigenvalue weighted by Gasteiger charge is -2.05. The standard InChI is InChI=1S/C12H10N4O6/c17-5-7-1-9(15(19)20)3-11(13-7)12-4-10(16(21)22)2-8(6-18)14-12/h1-4,17-18H,5-6H2. The van der Waals surface area contributed by atoms with Crippen LogP contribution in [0.25, 0.3) is 11.4 Å². The summed E-state index contributed by atoms with van der Waals surface area (Å²) < 4.78 is 0. The molecule has 2 N–H and O–H groups in total. The maximum Gasteiger partial charge on any atom is 0.273 e. The third kappa shape index (κ3) is 3.19. The van der Waals surface area contributed by atoms with Crippen LogP contribution in [0.5, 0.6) is 0 Å². The van der Waals surface area contributed by atoms with E-state index in [0.29, 0.717) is 0 Å². The molecule has 10 nitrogen and oxygen atoms in total. The summed E-state index contributed by atoms with van der Waals surface area (Å²) in [6.45, 7) is -1.06. The summed E-state index contributed by atoms with van der Waals surface area (Å²) in [5.74, 6) is 0. The Bertz CT molecular complexity index is 685. The fraction of sp³-hybridized carbons (Fsp3) is 0.167. The molecular formula is C12H10N4O6. The number of hydrogen-bond acceptors (Lipinski definition) is 8. The molecule has 2 heterocycles. The van der Waals surface area contributed by atoms with Crippen molar-refractivity contribution in [2.45, 2.75) is 13.2 Å². The monoisotopic (exact) mass is 306 g/mol. The first kappa shape index (κ1) is 15.4. The lowest BCUT2D eigenvalue weighted by molar-refractivity contribution is -0.385. The summed E-state index contributed by atoms with van der Waals surface area (Å²) in [6, 6.07) is 4.36. The zero-order valence-corrected chi connectivity index (χ0v) is 11.0. The van der Waals surface area contributed by atoms with Crippen molar-refractivity contribution in [3.63, 3.8) is 0 Å². The van der Waals surface area contributed by atoms with Crippen molar-refractivity contribution < 1.29 is 20.1 Å². The molecular weight excluding hydrogens is 296 g/mol. The molecule has 2 aromatic heterocycles. The Kier molecular flexibility index (Phi) is 4.34. The van der Waals surface area contributed by atoms with Gasteiger partial charge in [0.05, 0.1) is 45.8 Å². The third-order valence-electron chi connectivity index (χ3n) is 2.73. The lowest BCUT2D eigenvalue weighted by Crippen LogP contribution is -2.01. The number of aliphatic hydroxyl groups is 2. The van der Waals surface area contributed by atoms with Crippen LogP contribution in [0, 0.1) is 20.2 Å². The van der Waals surface area contributed by atoms with Gasteiger partial charge in [-0.2, -0.15) is 0 Å². The molecule has 0 unspecified atom stereocenters. The van der Waals surface area contributed by atoms with E-state index < -0.39 is 23.1 Å². The van der Waals surface area contributed by atoms with Gasteiger partial charge in [-0.05, 0) is 0 Å². The van der Waals surface area contributed by atoms with Crippen molar-refractivity contribution in [3.05, 3.63) is 55.9 Å². The number of aliphatic hydroxyl groups excluding tert-OH is 2. The van der Waals surface area contributed by atoms with E-state index in [4.69, 9.17) is 10.2 Å². The molecule has 0 saturated heterocycles. The molecule has 0 atom stereocenters. The number of pyridine rings is 2. The molecule has 0 fully saturated rings. The van der Waals surface area contributed by atoms with E-state index in [-0.39, 0.29) is 34.2 Å². The van der Waals surface area contributed by atoms with Crippen LogP contribution >= 0.6 is 0 Å². The van der Waals surface area contributed by atoms with Gasteiger partial charge in [0.25, 0.3) is 11.4 Å². The molecule has 0 bridgehead atoms. The van der Waals surface area contributed by atoms with Gasteiger partial charge in [-0.3, -0.25) is 20.2 Å². The highest BCUT2D eigenvalue weighted by Crippen LogP contribution is 2.25. The van der Waals surface area contributed by atoms with Gasteiger partial charge in [0.15, 0.2) is 0 Å². The highest BCUT2D eigenvalue weighted by molar-refractivity contribution is 5.61. The largest absolute Gasteiger partial charge is 0.390 e. The van der Waals surface area contributed by atoms with E-state index in [1.54, 1.807) is 0 Å².